The molecule has 0 saturated carbocycles. The molecule has 0 radical (unpaired) electrons. The van der Waals surface area contributed by atoms with E-state index in [1.54, 1.807) is 12.1 Å². The largest absolute Gasteiger partial charge is 0.308 e. The average molecular weight is 251 g/mol. The van der Waals surface area contributed by atoms with Gasteiger partial charge in [-0.05, 0) is 55.8 Å². The number of piperidine rings is 1. The maximum absolute atomic E-state index is 14.4. The van der Waals surface area contributed by atoms with E-state index in [1.165, 1.54) is 5.56 Å². The normalized spacial score (nSPS) is 24.0. The third kappa shape index (κ3) is 2.05. The highest BCUT2D eigenvalue weighted by Crippen LogP contribution is 2.37. The summed E-state index contributed by atoms with van der Waals surface area (Å²) in [4.78, 5) is 0. The first-order chi connectivity index (χ1) is 8.68. The lowest BCUT2D eigenvalue weighted by atomic mass is 9.92. The summed E-state index contributed by atoms with van der Waals surface area (Å²) in [5.74, 6) is -2.74. The number of benzene rings is 1. The van der Waals surface area contributed by atoms with Crippen LogP contribution in [0.25, 0.3) is 0 Å². The van der Waals surface area contributed by atoms with Crippen molar-refractivity contribution in [3.8, 4) is 0 Å². The van der Waals surface area contributed by atoms with Gasteiger partial charge >= 0.3 is 0 Å². The molecule has 1 fully saturated rings. The predicted molar refractivity (Wildman–Crippen MR) is 68.0 cm³/mol. The highest BCUT2D eigenvalue weighted by atomic mass is 19.3. The second kappa shape index (κ2) is 4.61. The molecule has 1 atom stereocenters. The number of hydrogen-bond donors (Lipinski definition) is 1. The topological polar surface area (TPSA) is 12.0 Å². The fourth-order valence-corrected chi connectivity index (χ4v) is 3.14. The highest BCUT2D eigenvalue weighted by molar-refractivity contribution is 5.37. The molecule has 3 heteroatoms. The third-order valence-electron chi connectivity index (χ3n) is 4.23. The predicted octanol–water partition coefficient (Wildman–Crippen LogP) is 3.41. The Morgan fingerprint density at radius 3 is 2.67 bits per heavy atom. The Labute approximate surface area is 107 Å². The zero-order valence-electron chi connectivity index (χ0n) is 10.5. The molecule has 1 unspecified atom stereocenters. The monoisotopic (exact) mass is 251 g/mol. The van der Waals surface area contributed by atoms with Gasteiger partial charge < -0.3 is 5.32 Å². The van der Waals surface area contributed by atoms with Crippen LogP contribution in [-0.4, -0.2) is 12.6 Å². The maximum atomic E-state index is 14.4. The average Bonchev–Trinajstić information content (AvgIpc) is 2.87. The van der Waals surface area contributed by atoms with Crippen molar-refractivity contribution in [2.24, 2.45) is 0 Å². The van der Waals surface area contributed by atoms with Crippen molar-refractivity contribution in [3.05, 3.63) is 34.9 Å². The zero-order chi connectivity index (χ0) is 12.6. The van der Waals surface area contributed by atoms with E-state index in [4.69, 9.17) is 0 Å². The molecule has 1 nitrogen and oxygen atoms in total. The Morgan fingerprint density at radius 2 is 1.89 bits per heavy atom. The summed E-state index contributed by atoms with van der Waals surface area (Å²) in [6.45, 7) is 0.713. The molecule has 1 aromatic carbocycles. The molecule has 1 aromatic rings. The van der Waals surface area contributed by atoms with Crippen molar-refractivity contribution in [1.82, 2.24) is 5.32 Å². The van der Waals surface area contributed by atoms with Crippen LogP contribution in [0.5, 0.6) is 0 Å². The van der Waals surface area contributed by atoms with Gasteiger partial charge in [0.2, 0.25) is 0 Å². The van der Waals surface area contributed by atoms with Crippen molar-refractivity contribution >= 4 is 0 Å². The number of nitrogens with one attached hydrogen (secondary N) is 1. The van der Waals surface area contributed by atoms with Crippen LogP contribution in [0, 0.1) is 0 Å². The van der Waals surface area contributed by atoms with E-state index in [0.29, 0.717) is 13.0 Å². The molecule has 1 saturated heterocycles. The number of aryl methyl sites for hydroxylation is 2. The van der Waals surface area contributed by atoms with Gasteiger partial charge in [-0.3, -0.25) is 0 Å². The Bertz CT molecular complexity index is 436. The molecule has 1 aliphatic heterocycles. The minimum atomic E-state index is -2.74. The smallest absolute Gasteiger partial charge is 0.288 e. The van der Waals surface area contributed by atoms with E-state index in [9.17, 15) is 8.78 Å². The lowest BCUT2D eigenvalue weighted by Gasteiger charge is -2.31. The number of hydrogen-bond acceptors (Lipinski definition) is 1. The molecular formula is C15H19F2N. The summed E-state index contributed by atoms with van der Waals surface area (Å²) in [5.41, 5.74) is 2.58. The zero-order valence-corrected chi connectivity index (χ0v) is 10.5. The SMILES string of the molecule is FC(F)(c1ccc2c(c1)CCC2)C1CCCCN1. The third-order valence-corrected chi connectivity index (χ3v) is 4.23. The fourth-order valence-electron chi connectivity index (χ4n) is 3.14. The van der Waals surface area contributed by atoms with Gasteiger partial charge in [-0.25, -0.2) is 0 Å². The minimum absolute atomic E-state index is 0.197. The van der Waals surface area contributed by atoms with E-state index in [-0.39, 0.29) is 5.56 Å². The quantitative estimate of drug-likeness (QED) is 0.849. The molecule has 1 N–H and O–H groups in total. The van der Waals surface area contributed by atoms with Crippen LogP contribution in [0.2, 0.25) is 0 Å². The fraction of sp³-hybridized carbons (Fsp3) is 0.600. The van der Waals surface area contributed by atoms with E-state index in [0.717, 1.165) is 37.7 Å². The van der Waals surface area contributed by atoms with Gasteiger partial charge in [0, 0.05) is 5.56 Å². The van der Waals surface area contributed by atoms with Crippen LogP contribution < -0.4 is 5.32 Å². The molecule has 0 aromatic heterocycles. The van der Waals surface area contributed by atoms with Crippen molar-refractivity contribution in [2.75, 3.05) is 6.54 Å². The van der Waals surface area contributed by atoms with E-state index >= 15 is 0 Å². The second-order valence-electron chi connectivity index (χ2n) is 5.46. The van der Waals surface area contributed by atoms with Gasteiger partial charge in [0.05, 0.1) is 6.04 Å². The summed E-state index contributed by atoms with van der Waals surface area (Å²) in [7, 11) is 0. The number of fused-ring (bicyclic) bond motifs is 1. The highest BCUT2D eigenvalue weighted by Gasteiger charge is 2.41. The van der Waals surface area contributed by atoms with Crippen LogP contribution in [0.1, 0.15) is 42.4 Å². The van der Waals surface area contributed by atoms with E-state index in [2.05, 4.69) is 5.32 Å². The van der Waals surface area contributed by atoms with E-state index < -0.39 is 12.0 Å². The van der Waals surface area contributed by atoms with Crippen LogP contribution in [0.3, 0.4) is 0 Å². The van der Waals surface area contributed by atoms with E-state index in [1.807, 2.05) is 6.07 Å². The van der Waals surface area contributed by atoms with Crippen molar-refractivity contribution in [2.45, 2.75) is 50.5 Å². The molecule has 1 aliphatic carbocycles. The molecule has 18 heavy (non-hydrogen) atoms. The molecule has 98 valence electrons. The van der Waals surface area contributed by atoms with Crippen molar-refractivity contribution in [3.63, 3.8) is 0 Å². The Kier molecular flexibility index (Phi) is 3.10. The summed E-state index contributed by atoms with van der Waals surface area (Å²) >= 11 is 0. The molecule has 1 heterocycles. The van der Waals surface area contributed by atoms with Gasteiger partial charge in [0.15, 0.2) is 0 Å². The molecule has 0 amide bonds. The number of alkyl halides is 2. The maximum Gasteiger partial charge on any atom is 0.288 e. The van der Waals surface area contributed by atoms with Crippen LogP contribution in [0.15, 0.2) is 18.2 Å². The second-order valence-corrected chi connectivity index (χ2v) is 5.46. The minimum Gasteiger partial charge on any atom is -0.308 e. The Hall–Kier alpha value is -0.960. The van der Waals surface area contributed by atoms with Crippen LogP contribution >= 0.6 is 0 Å². The first-order valence-electron chi connectivity index (χ1n) is 6.91. The van der Waals surface area contributed by atoms with Gasteiger partial charge in [-0.1, -0.05) is 18.6 Å². The van der Waals surface area contributed by atoms with Crippen molar-refractivity contribution in [1.29, 1.82) is 0 Å². The lowest BCUT2D eigenvalue weighted by molar-refractivity contribution is -0.0512. The molecule has 0 bridgehead atoms. The van der Waals surface area contributed by atoms with Crippen LogP contribution in [-0.2, 0) is 18.8 Å². The molecule has 3 rings (SSSR count). The molecular weight excluding hydrogens is 232 g/mol. The first-order valence-corrected chi connectivity index (χ1v) is 6.91. The van der Waals surface area contributed by atoms with Gasteiger partial charge in [0.25, 0.3) is 5.92 Å². The first kappa shape index (κ1) is 12.1. The van der Waals surface area contributed by atoms with Crippen molar-refractivity contribution < 1.29 is 8.78 Å². The van der Waals surface area contributed by atoms with Gasteiger partial charge in [-0.2, -0.15) is 8.78 Å². The Morgan fingerprint density at radius 1 is 1.06 bits per heavy atom. The standard InChI is InChI=1S/C15H19F2N/c16-15(17,14-6-1-2-9-18-14)13-8-7-11-4-3-5-12(11)10-13/h7-8,10,14,18H,1-6,9H2. The Balaban J connectivity index is 1.87. The summed E-state index contributed by atoms with van der Waals surface area (Å²) in [6, 6.07) is 4.57. The lowest BCUT2D eigenvalue weighted by Crippen LogP contribution is -2.45. The van der Waals surface area contributed by atoms with Crippen LogP contribution in [0.4, 0.5) is 8.78 Å². The number of rotatable bonds is 2. The molecule has 0 spiro atoms. The summed E-state index contributed by atoms with van der Waals surface area (Å²) in [5, 5.41) is 2.98. The number of halogens is 2. The summed E-state index contributed by atoms with van der Waals surface area (Å²) in [6.07, 6.45) is 5.59. The van der Waals surface area contributed by atoms with Gasteiger partial charge in [0.1, 0.15) is 0 Å². The molecule has 2 aliphatic rings. The summed E-state index contributed by atoms with van der Waals surface area (Å²) < 4.78 is 28.9. The van der Waals surface area contributed by atoms with Gasteiger partial charge in [-0.15, -0.1) is 0 Å².